The summed E-state index contributed by atoms with van der Waals surface area (Å²) in [6, 6.07) is 20.4. The maximum atomic E-state index is 7.40. The standard InChI is InChI=1S/C15H14NO/c16-11-15(14-9-5-2-6-10-14)17-12-13-7-3-1-4-8-13/h1,3-11,15-16H,12H2. The Bertz CT molecular complexity index is 453. The Morgan fingerprint density at radius 3 is 2.47 bits per heavy atom. The smallest absolute Gasteiger partial charge is 0.117 e. The van der Waals surface area contributed by atoms with Crippen LogP contribution in [0.3, 0.4) is 0 Å². The van der Waals surface area contributed by atoms with Crippen molar-refractivity contribution >= 4 is 6.21 Å². The first-order valence-corrected chi connectivity index (χ1v) is 5.52. The molecule has 0 aliphatic carbocycles. The van der Waals surface area contributed by atoms with Gasteiger partial charge < -0.3 is 10.1 Å². The second-order valence-corrected chi connectivity index (χ2v) is 3.72. The summed E-state index contributed by atoms with van der Waals surface area (Å²) in [5, 5.41) is 7.40. The van der Waals surface area contributed by atoms with E-state index in [1.807, 2.05) is 54.6 Å². The van der Waals surface area contributed by atoms with E-state index in [1.165, 1.54) is 6.21 Å². The zero-order valence-electron chi connectivity index (χ0n) is 9.47. The monoisotopic (exact) mass is 224 g/mol. The van der Waals surface area contributed by atoms with E-state index in [2.05, 4.69) is 6.07 Å². The van der Waals surface area contributed by atoms with E-state index in [0.29, 0.717) is 6.61 Å². The van der Waals surface area contributed by atoms with Crippen LogP contribution in [0.4, 0.5) is 0 Å². The molecule has 0 amide bonds. The fraction of sp³-hybridized carbons (Fsp3) is 0.133. The summed E-state index contributed by atoms with van der Waals surface area (Å²) in [5.74, 6) is 0. The zero-order valence-corrected chi connectivity index (χ0v) is 9.47. The van der Waals surface area contributed by atoms with E-state index in [-0.39, 0.29) is 6.10 Å². The van der Waals surface area contributed by atoms with Gasteiger partial charge in [-0.05, 0) is 17.2 Å². The van der Waals surface area contributed by atoms with Crippen LogP contribution in [0.2, 0.25) is 0 Å². The second kappa shape index (κ2) is 5.97. The average Bonchev–Trinajstić information content (AvgIpc) is 2.42. The zero-order chi connectivity index (χ0) is 11.9. The van der Waals surface area contributed by atoms with Crippen molar-refractivity contribution in [2.45, 2.75) is 12.7 Å². The van der Waals surface area contributed by atoms with Gasteiger partial charge in [0, 0.05) is 6.21 Å². The molecule has 1 N–H and O–H groups in total. The molecule has 2 aromatic rings. The third-order valence-corrected chi connectivity index (χ3v) is 2.50. The molecule has 0 bridgehead atoms. The number of benzene rings is 2. The third-order valence-electron chi connectivity index (χ3n) is 2.50. The van der Waals surface area contributed by atoms with E-state index in [4.69, 9.17) is 10.1 Å². The molecule has 0 saturated carbocycles. The molecule has 2 aromatic carbocycles. The van der Waals surface area contributed by atoms with Crippen LogP contribution in [0.25, 0.3) is 0 Å². The maximum Gasteiger partial charge on any atom is 0.117 e. The van der Waals surface area contributed by atoms with Crippen molar-refractivity contribution in [3.8, 4) is 0 Å². The van der Waals surface area contributed by atoms with Crippen molar-refractivity contribution in [1.82, 2.24) is 0 Å². The Labute approximate surface area is 101 Å². The number of rotatable bonds is 5. The lowest BCUT2D eigenvalue weighted by molar-refractivity contribution is 0.0872. The lowest BCUT2D eigenvalue weighted by Crippen LogP contribution is -2.05. The predicted octanol–water partition coefficient (Wildman–Crippen LogP) is 3.39. The topological polar surface area (TPSA) is 33.1 Å². The normalized spacial score (nSPS) is 12.0. The van der Waals surface area contributed by atoms with E-state index in [0.717, 1.165) is 11.1 Å². The van der Waals surface area contributed by atoms with Crippen molar-refractivity contribution in [3.05, 3.63) is 71.8 Å². The minimum absolute atomic E-state index is 0.287. The van der Waals surface area contributed by atoms with Gasteiger partial charge in [0.2, 0.25) is 0 Å². The fourth-order valence-corrected chi connectivity index (χ4v) is 1.59. The molecule has 1 atom stereocenters. The molecule has 1 radical (unpaired) electrons. The number of ether oxygens (including phenoxy) is 1. The van der Waals surface area contributed by atoms with Crippen molar-refractivity contribution in [2.75, 3.05) is 0 Å². The molecule has 2 rings (SSSR count). The van der Waals surface area contributed by atoms with Gasteiger partial charge in [-0.2, -0.15) is 0 Å². The molecule has 0 fully saturated rings. The number of hydrogen-bond donors (Lipinski definition) is 1. The summed E-state index contributed by atoms with van der Waals surface area (Å²) >= 11 is 0. The highest BCUT2D eigenvalue weighted by molar-refractivity contribution is 5.62. The lowest BCUT2D eigenvalue weighted by atomic mass is 10.1. The first-order valence-electron chi connectivity index (χ1n) is 5.52. The summed E-state index contributed by atoms with van der Waals surface area (Å²) in [6.07, 6.45) is 1.03. The van der Waals surface area contributed by atoms with Crippen molar-refractivity contribution in [3.63, 3.8) is 0 Å². The van der Waals surface area contributed by atoms with Crippen LogP contribution in [0.5, 0.6) is 0 Å². The first-order chi connectivity index (χ1) is 8.40. The summed E-state index contributed by atoms with van der Waals surface area (Å²) in [7, 11) is 0. The quantitative estimate of drug-likeness (QED) is 0.776. The number of nitrogens with one attached hydrogen (secondary N) is 1. The highest BCUT2D eigenvalue weighted by Gasteiger charge is 2.07. The van der Waals surface area contributed by atoms with Gasteiger partial charge in [-0.1, -0.05) is 54.6 Å². The van der Waals surface area contributed by atoms with Crippen LogP contribution in [-0.2, 0) is 11.3 Å². The molecule has 0 aromatic heterocycles. The van der Waals surface area contributed by atoms with Crippen LogP contribution in [0, 0.1) is 11.5 Å². The SMILES string of the molecule is N=CC(OCc1ccccc1)c1cc[c]cc1. The summed E-state index contributed by atoms with van der Waals surface area (Å²) in [6.45, 7) is 0.513. The Balaban J connectivity index is 2.00. The maximum absolute atomic E-state index is 7.40. The minimum atomic E-state index is -0.287. The van der Waals surface area contributed by atoms with Gasteiger partial charge in [-0.25, -0.2) is 0 Å². The largest absolute Gasteiger partial charge is 0.363 e. The molecule has 2 heteroatoms. The van der Waals surface area contributed by atoms with Crippen molar-refractivity contribution in [2.24, 2.45) is 0 Å². The predicted molar refractivity (Wildman–Crippen MR) is 68.0 cm³/mol. The van der Waals surface area contributed by atoms with E-state index in [9.17, 15) is 0 Å². The fourth-order valence-electron chi connectivity index (χ4n) is 1.59. The van der Waals surface area contributed by atoms with Crippen LogP contribution < -0.4 is 0 Å². The van der Waals surface area contributed by atoms with Crippen molar-refractivity contribution in [1.29, 1.82) is 5.41 Å². The molecular weight excluding hydrogens is 210 g/mol. The molecule has 0 aliphatic heterocycles. The van der Waals surface area contributed by atoms with Crippen LogP contribution in [0.1, 0.15) is 17.2 Å². The summed E-state index contributed by atoms with van der Waals surface area (Å²) in [4.78, 5) is 0. The molecule has 0 aliphatic rings. The van der Waals surface area contributed by atoms with Gasteiger partial charge in [0.25, 0.3) is 0 Å². The first kappa shape index (κ1) is 11.6. The second-order valence-electron chi connectivity index (χ2n) is 3.72. The van der Waals surface area contributed by atoms with Crippen LogP contribution in [0.15, 0.2) is 54.6 Å². The number of hydrogen-bond acceptors (Lipinski definition) is 2. The Kier molecular flexibility index (Phi) is 4.05. The summed E-state index contributed by atoms with van der Waals surface area (Å²) in [5.41, 5.74) is 2.09. The Morgan fingerprint density at radius 2 is 1.82 bits per heavy atom. The lowest BCUT2D eigenvalue weighted by Gasteiger charge is -2.13. The van der Waals surface area contributed by atoms with Gasteiger partial charge in [-0.3, -0.25) is 0 Å². The van der Waals surface area contributed by atoms with Crippen LogP contribution >= 0.6 is 0 Å². The van der Waals surface area contributed by atoms with E-state index < -0.39 is 0 Å². The molecule has 0 saturated heterocycles. The third kappa shape index (κ3) is 3.26. The van der Waals surface area contributed by atoms with E-state index >= 15 is 0 Å². The van der Waals surface area contributed by atoms with Crippen LogP contribution in [-0.4, -0.2) is 6.21 Å². The van der Waals surface area contributed by atoms with Crippen molar-refractivity contribution < 1.29 is 4.74 Å². The molecule has 85 valence electrons. The molecule has 2 nitrogen and oxygen atoms in total. The van der Waals surface area contributed by atoms with Gasteiger partial charge in [0.05, 0.1) is 6.61 Å². The molecule has 0 heterocycles. The highest BCUT2D eigenvalue weighted by atomic mass is 16.5. The molecule has 17 heavy (non-hydrogen) atoms. The summed E-state index contributed by atoms with van der Waals surface area (Å²) < 4.78 is 5.71. The average molecular weight is 224 g/mol. The van der Waals surface area contributed by atoms with Gasteiger partial charge in [0.15, 0.2) is 0 Å². The van der Waals surface area contributed by atoms with E-state index in [1.54, 1.807) is 0 Å². The van der Waals surface area contributed by atoms with Gasteiger partial charge in [-0.15, -0.1) is 0 Å². The molecule has 1 unspecified atom stereocenters. The minimum Gasteiger partial charge on any atom is -0.363 e. The highest BCUT2D eigenvalue weighted by Crippen LogP contribution is 2.16. The van der Waals surface area contributed by atoms with Gasteiger partial charge >= 0.3 is 0 Å². The Hall–Kier alpha value is -1.93. The molecule has 0 spiro atoms. The Morgan fingerprint density at radius 1 is 1.12 bits per heavy atom. The van der Waals surface area contributed by atoms with Gasteiger partial charge in [0.1, 0.15) is 6.10 Å². The molecular formula is C15H14NO.